The smallest absolute Gasteiger partial charge is 0.408 e. The van der Waals surface area contributed by atoms with Gasteiger partial charge < -0.3 is 20.3 Å². The highest BCUT2D eigenvalue weighted by atomic mass is 16.6. The fraction of sp³-hybridized carbons (Fsp3) is 0.452. The van der Waals surface area contributed by atoms with E-state index >= 15 is 0 Å². The lowest BCUT2D eigenvalue weighted by molar-refractivity contribution is -0.143. The number of amides is 3. The van der Waals surface area contributed by atoms with Crippen molar-refractivity contribution in [2.24, 2.45) is 5.92 Å². The van der Waals surface area contributed by atoms with Crippen LogP contribution in [0.25, 0.3) is 0 Å². The average Bonchev–Trinajstić information content (AvgIpc) is 2.81. The number of ether oxygens (including phenoxy) is 1. The Hall–Kier alpha value is -3.79. The van der Waals surface area contributed by atoms with Gasteiger partial charge in [-0.2, -0.15) is 0 Å². The Kier molecular flexibility index (Phi) is 10.5. The van der Waals surface area contributed by atoms with Crippen LogP contribution in [0.2, 0.25) is 0 Å². The van der Waals surface area contributed by atoms with Crippen LogP contribution in [0.15, 0.2) is 48.5 Å². The van der Waals surface area contributed by atoms with E-state index in [2.05, 4.69) is 16.6 Å². The summed E-state index contributed by atoms with van der Waals surface area (Å²) >= 11 is 0. The molecule has 0 aromatic heterocycles. The van der Waals surface area contributed by atoms with Crippen molar-refractivity contribution in [2.75, 3.05) is 5.32 Å². The summed E-state index contributed by atoms with van der Waals surface area (Å²) in [6.07, 6.45) is 5.24. The van der Waals surface area contributed by atoms with E-state index in [4.69, 9.17) is 11.2 Å². The van der Waals surface area contributed by atoms with Gasteiger partial charge >= 0.3 is 6.09 Å². The summed E-state index contributed by atoms with van der Waals surface area (Å²) in [5.41, 5.74) is 2.11. The molecule has 0 saturated carbocycles. The first-order valence-electron chi connectivity index (χ1n) is 13.0. The van der Waals surface area contributed by atoms with Crippen LogP contribution in [-0.2, 0) is 14.3 Å². The Bertz CT molecular complexity index is 1160. The largest absolute Gasteiger partial charge is 0.444 e. The topological polar surface area (TPSA) is 87.7 Å². The second-order valence-electron chi connectivity index (χ2n) is 11.1. The highest BCUT2D eigenvalue weighted by molar-refractivity contribution is 5.99. The number of rotatable bonds is 9. The molecule has 3 amide bonds. The normalized spacial score (nSPS) is 12.9. The number of nitrogens with zero attached hydrogens (tertiary/aromatic N) is 1. The Labute approximate surface area is 227 Å². The van der Waals surface area contributed by atoms with E-state index in [1.54, 1.807) is 45.0 Å². The van der Waals surface area contributed by atoms with Crippen LogP contribution in [0.5, 0.6) is 0 Å². The minimum absolute atomic E-state index is 0.0991. The van der Waals surface area contributed by atoms with Crippen molar-refractivity contribution in [2.45, 2.75) is 85.5 Å². The molecule has 7 nitrogen and oxygen atoms in total. The van der Waals surface area contributed by atoms with Crippen LogP contribution in [0.4, 0.5) is 10.5 Å². The molecule has 0 bridgehead atoms. The molecule has 2 aromatic rings. The van der Waals surface area contributed by atoms with Crippen molar-refractivity contribution in [1.82, 2.24) is 10.2 Å². The number of anilines is 1. The number of benzene rings is 2. The fourth-order valence-electron chi connectivity index (χ4n) is 4.12. The number of nitrogens with one attached hydrogen (secondary N) is 2. The van der Waals surface area contributed by atoms with E-state index in [0.717, 1.165) is 5.56 Å². The van der Waals surface area contributed by atoms with Crippen LogP contribution in [0.3, 0.4) is 0 Å². The van der Waals surface area contributed by atoms with Crippen LogP contribution in [0, 0.1) is 25.2 Å². The van der Waals surface area contributed by atoms with Gasteiger partial charge in [0.25, 0.3) is 5.91 Å². The SMILES string of the molecule is C#Cc1ccc(C(C(=O)Nc2ccccc2C)N(C(=O)C(CC(C)C)NC(=O)OC(C)(C)C)C(C)C)cc1. The van der Waals surface area contributed by atoms with E-state index < -0.39 is 23.8 Å². The molecule has 38 heavy (non-hydrogen) atoms. The van der Waals surface area contributed by atoms with Gasteiger partial charge in [0.2, 0.25) is 5.91 Å². The number of aryl methyl sites for hydroxylation is 1. The number of hydrogen-bond donors (Lipinski definition) is 2. The summed E-state index contributed by atoms with van der Waals surface area (Å²) in [7, 11) is 0. The van der Waals surface area contributed by atoms with E-state index in [0.29, 0.717) is 23.2 Å². The third kappa shape index (κ3) is 8.65. The molecule has 2 atom stereocenters. The number of carbonyl (C=O) groups is 3. The van der Waals surface area contributed by atoms with Crippen molar-refractivity contribution in [3.05, 3.63) is 65.2 Å². The lowest BCUT2D eigenvalue weighted by Gasteiger charge is -2.37. The summed E-state index contributed by atoms with van der Waals surface area (Å²) in [5.74, 6) is 1.95. The van der Waals surface area contributed by atoms with Gasteiger partial charge in [0.05, 0.1) is 0 Å². The zero-order chi connectivity index (χ0) is 28.6. The number of carbonyl (C=O) groups excluding carboxylic acids is 3. The summed E-state index contributed by atoms with van der Waals surface area (Å²) < 4.78 is 5.43. The Balaban J connectivity index is 2.54. The molecule has 0 radical (unpaired) electrons. The van der Waals surface area contributed by atoms with E-state index in [-0.39, 0.29) is 23.8 Å². The van der Waals surface area contributed by atoms with Gasteiger partial charge in [0.15, 0.2) is 0 Å². The maximum absolute atomic E-state index is 14.1. The van der Waals surface area contributed by atoms with Crippen LogP contribution < -0.4 is 10.6 Å². The zero-order valence-corrected chi connectivity index (χ0v) is 23.8. The summed E-state index contributed by atoms with van der Waals surface area (Å²) in [4.78, 5) is 42.2. The quantitative estimate of drug-likeness (QED) is 0.408. The predicted molar refractivity (Wildman–Crippen MR) is 152 cm³/mol. The predicted octanol–water partition coefficient (Wildman–Crippen LogP) is 5.83. The highest BCUT2D eigenvalue weighted by Gasteiger charge is 2.38. The van der Waals surface area contributed by atoms with Crippen molar-refractivity contribution in [3.8, 4) is 12.3 Å². The molecule has 2 aromatic carbocycles. The Morgan fingerprint density at radius 2 is 1.61 bits per heavy atom. The van der Waals surface area contributed by atoms with Crippen molar-refractivity contribution < 1.29 is 19.1 Å². The maximum Gasteiger partial charge on any atom is 0.408 e. The minimum Gasteiger partial charge on any atom is -0.444 e. The van der Waals surface area contributed by atoms with Crippen molar-refractivity contribution in [1.29, 1.82) is 0 Å². The molecule has 0 fully saturated rings. The molecule has 204 valence electrons. The maximum atomic E-state index is 14.1. The molecule has 2 rings (SSSR count). The third-order valence-electron chi connectivity index (χ3n) is 5.83. The molecular formula is C31H41N3O4. The molecule has 2 N–H and O–H groups in total. The summed E-state index contributed by atoms with van der Waals surface area (Å²) in [6.45, 7) is 14.8. The third-order valence-corrected chi connectivity index (χ3v) is 5.83. The van der Waals surface area contributed by atoms with Gasteiger partial charge in [0.1, 0.15) is 17.7 Å². The minimum atomic E-state index is -0.968. The molecule has 0 aliphatic carbocycles. The number of para-hydroxylation sites is 1. The Morgan fingerprint density at radius 1 is 1.00 bits per heavy atom. The van der Waals surface area contributed by atoms with Crippen LogP contribution in [0.1, 0.15) is 77.6 Å². The van der Waals surface area contributed by atoms with Gasteiger partial charge in [-0.25, -0.2) is 4.79 Å². The molecule has 0 spiro atoms. The number of alkyl carbamates (subject to hydrolysis) is 1. The van der Waals surface area contributed by atoms with Gasteiger partial charge in [-0.1, -0.05) is 50.1 Å². The standard InChI is InChI=1S/C31H41N3O4/c1-10-23-15-17-24(18-16-23)27(28(35)32-25-14-12-11-13-22(25)6)34(21(4)5)29(36)26(19-20(2)3)33-30(37)38-31(7,8)9/h1,11-18,20-21,26-27H,19H2,2-9H3,(H,32,35)(H,33,37). The summed E-state index contributed by atoms with van der Waals surface area (Å²) in [6, 6.07) is 12.3. The van der Waals surface area contributed by atoms with Crippen LogP contribution >= 0.6 is 0 Å². The second-order valence-corrected chi connectivity index (χ2v) is 11.1. The van der Waals surface area contributed by atoms with Crippen molar-refractivity contribution in [3.63, 3.8) is 0 Å². The van der Waals surface area contributed by atoms with Gasteiger partial charge in [-0.15, -0.1) is 6.42 Å². The summed E-state index contributed by atoms with van der Waals surface area (Å²) in [5, 5.41) is 5.75. The number of terminal acetylenes is 1. The van der Waals surface area contributed by atoms with Gasteiger partial charge in [-0.3, -0.25) is 9.59 Å². The van der Waals surface area contributed by atoms with Gasteiger partial charge in [-0.05, 0) is 83.2 Å². The monoisotopic (exact) mass is 519 g/mol. The second kappa shape index (κ2) is 13.1. The molecule has 0 aliphatic heterocycles. The highest BCUT2D eigenvalue weighted by Crippen LogP contribution is 2.28. The van der Waals surface area contributed by atoms with E-state index in [1.165, 1.54) is 4.90 Å². The first-order valence-corrected chi connectivity index (χ1v) is 13.0. The van der Waals surface area contributed by atoms with E-state index in [1.807, 2.05) is 58.9 Å². The van der Waals surface area contributed by atoms with Gasteiger partial charge in [0, 0.05) is 17.3 Å². The van der Waals surface area contributed by atoms with Crippen LogP contribution in [-0.4, -0.2) is 40.5 Å². The Morgan fingerprint density at radius 3 is 2.11 bits per heavy atom. The first-order chi connectivity index (χ1) is 17.7. The zero-order valence-electron chi connectivity index (χ0n) is 23.8. The fourth-order valence-corrected chi connectivity index (χ4v) is 4.12. The first kappa shape index (κ1) is 30.4. The lowest BCUT2D eigenvalue weighted by atomic mass is 9.97. The molecule has 0 aliphatic rings. The number of hydrogen-bond acceptors (Lipinski definition) is 4. The molecule has 0 saturated heterocycles. The lowest BCUT2D eigenvalue weighted by Crippen LogP contribution is -2.54. The molecule has 2 unspecified atom stereocenters. The molecular weight excluding hydrogens is 478 g/mol. The molecule has 0 heterocycles. The average molecular weight is 520 g/mol. The van der Waals surface area contributed by atoms with Crippen molar-refractivity contribution >= 4 is 23.6 Å². The molecule has 7 heteroatoms. The van der Waals surface area contributed by atoms with E-state index in [9.17, 15) is 14.4 Å².